The van der Waals surface area contributed by atoms with Gasteiger partial charge in [0.2, 0.25) is 0 Å². The lowest BCUT2D eigenvalue weighted by molar-refractivity contribution is -0.125. The molecule has 2 aliphatic rings. The van der Waals surface area contributed by atoms with Crippen LogP contribution in [0.4, 0.5) is 0 Å². The molecule has 2 rings (SSSR count). The van der Waals surface area contributed by atoms with Crippen molar-refractivity contribution >= 4 is 5.78 Å². The van der Waals surface area contributed by atoms with Gasteiger partial charge in [-0.25, -0.2) is 0 Å². The molecule has 0 radical (unpaired) electrons. The highest BCUT2D eigenvalue weighted by atomic mass is 16.5. The molecule has 0 aromatic heterocycles. The molecule has 3 atom stereocenters. The van der Waals surface area contributed by atoms with Crippen molar-refractivity contribution in [2.45, 2.75) is 64.6 Å². The molecule has 2 nitrogen and oxygen atoms in total. The first-order valence-electron chi connectivity index (χ1n) is 6.42. The molecule has 2 fully saturated rings. The highest BCUT2D eigenvalue weighted by Gasteiger charge is 2.44. The van der Waals surface area contributed by atoms with Crippen molar-refractivity contribution in [1.82, 2.24) is 0 Å². The van der Waals surface area contributed by atoms with E-state index in [4.69, 9.17) is 4.74 Å². The molecular formula is C13H22O2. The van der Waals surface area contributed by atoms with Crippen molar-refractivity contribution in [3.05, 3.63) is 0 Å². The van der Waals surface area contributed by atoms with Crippen LogP contribution in [0.1, 0.15) is 52.4 Å². The molecule has 0 N–H and O–H groups in total. The number of ketones is 1. The first kappa shape index (κ1) is 11.1. The zero-order valence-electron chi connectivity index (χ0n) is 9.87. The van der Waals surface area contributed by atoms with Crippen molar-refractivity contribution in [1.29, 1.82) is 0 Å². The average molecular weight is 210 g/mol. The Labute approximate surface area is 92.4 Å². The topological polar surface area (TPSA) is 26.3 Å². The summed E-state index contributed by atoms with van der Waals surface area (Å²) in [5.74, 6) is 1.30. The van der Waals surface area contributed by atoms with Gasteiger partial charge in [-0.15, -0.1) is 0 Å². The first-order chi connectivity index (χ1) is 7.24. The van der Waals surface area contributed by atoms with Gasteiger partial charge in [0, 0.05) is 12.3 Å². The van der Waals surface area contributed by atoms with Gasteiger partial charge >= 0.3 is 0 Å². The molecule has 86 valence electrons. The quantitative estimate of drug-likeness (QED) is 0.697. The van der Waals surface area contributed by atoms with Gasteiger partial charge in [-0.3, -0.25) is 4.79 Å². The molecule has 0 saturated carbocycles. The van der Waals surface area contributed by atoms with Gasteiger partial charge < -0.3 is 4.74 Å². The van der Waals surface area contributed by atoms with E-state index < -0.39 is 0 Å². The zero-order valence-corrected chi connectivity index (χ0v) is 9.87. The number of carbonyl (C=O) groups is 1. The van der Waals surface area contributed by atoms with E-state index in [1.165, 1.54) is 6.42 Å². The van der Waals surface area contributed by atoms with Crippen LogP contribution in [0.5, 0.6) is 0 Å². The van der Waals surface area contributed by atoms with Crippen molar-refractivity contribution in [2.75, 3.05) is 0 Å². The molecule has 0 aromatic carbocycles. The van der Waals surface area contributed by atoms with Crippen LogP contribution in [0, 0.1) is 11.8 Å². The van der Waals surface area contributed by atoms with Crippen LogP contribution in [-0.4, -0.2) is 18.0 Å². The Hall–Kier alpha value is -0.370. The second-order valence-electron chi connectivity index (χ2n) is 5.07. The maximum Gasteiger partial charge on any atom is 0.138 e. The van der Waals surface area contributed by atoms with Gasteiger partial charge in [0.15, 0.2) is 0 Å². The number of Topliss-reactive ketones (excluding diaryl/α,β-unsaturated/α-hetero) is 1. The summed E-state index contributed by atoms with van der Waals surface area (Å²) >= 11 is 0. The van der Waals surface area contributed by atoms with Crippen LogP contribution in [0.15, 0.2) is 0 Å². The zero-order chi connectivity index (χ0) is 10.8. The van der Waals surface area contributed by atoms with Gasteiger partial charge in [0.1, 0.15) is 5.78 Å². The minimum atomic E-state index is 0.240. The predicted molar refractivity (Wildman–Crippen MR) is 59.7 cm³/mol. The van der Waals surface area contributed by atoms with E-state index in [0.29, 0.717) is 17.8 Å². The molecular weight excluding hydrogens is 188 g/mol. The van der Waals surface area contributed by atoms with Crippen molar-refractivity contribution < 1.29 is 9.53 Å². The molecule has 0 aliphatic carbocycles. The van der Waals surface area contributed by atoms with E-state index in [-0.39, 0.29) is 12.0 Å². The van der Waals surface area contributed by atoms with E-state index >= 15 is 0 Å². The highest BCUT2D eigenvalue weighted by molar-refractivity contribution is 5.82. The lowest BCUT2D eigenvalue weighted by atomic mass is 9.82. The maximum absolute atomic E-state index is 12.1. The van der Waals surface area contributed by atoms with Gasteiger partial charge in [-0.2, -0.15) is 0 Å². The fourth-order valence-electron chi connectivity index (χ4n) is 2.99. The van der Waals surface area contributed by atoms with E-state index in [0.717, 1.165) is 32.1 Å². The van der Waals surface area contributed by atoms with Gasteiger partial charge in [-0.05, 0) is 25.2 Å². The van der Waals surface area contributed by atoms with Crippen molar-refractivity contribution in [3.63, 3.8) is 0 Å². The molecule has 0 aromatic rings. The predicted octanol–water partition coefficient (Wildman–Crippen LogP) is 2.95. The number of hydrogen-bond donors (Lipinski definition) is 0. The standard InChI is InChI=1S/C13H22O2/c1-3-9(4-2)7-12(14)11-8-10-5-6-13(11)15-10/h9-11,13H,3-8H2,1-2H3. The Bertz CT molecular complexity index is 233. The summed E-state index contributed by atoms with van der Waals surface area (Å²) in [5.41, 5.74) is 0. The van der Waals surface area contributed by atoms with Crippen LogP contribution in [0.25, 0.3) is 0 Å². The Kier molecular flexibility index (Phi) is 3.45. The van der Waals surface area contributed by atoms with E-state index in [2.05, 4.69) is 13.8 Å². The lowest BCUT2D eigenvalue weighted by Crippen LogP contribution is -2.26. The van der Waals surface area contributed by atoms with Crippen LogP contribution >= 0.6 is 0 Å². The summed E-state index contributed by atoms with van der Waals surface area (Å²) in [5, 5.41) is 0. The number of fused-ring (bicyclic) bond motifs is 2. The van der Waals surface area contributed by atoms with E-state index in [1.807, 2.05) is 0 Å². The van der Waals surface area contributed by atoms with Crippen LogP contribution in [-0.2, 0) is 9.53 Å². The number of carbonyl (C=O) groups excluding carboxylic acids is 1. The Morgan fingerprint density at radius 2 is 2.07 bits per heavy atom. The van der Waals surface area contributed by atoms with Crippen LogP contribution < -0.4 is 0 Å². The maximum atomic E-state index is 12.1. The third kappa shape index (κ3) is 2.25. The number of rotatable bonds is 5. The smallest absolute Gasteiger partial charge is 0.138 e. The summed E-state index contributed by atoms with van der Waals surface area (Å²) in [6.07, 6.45) is 7.02. The Morgan fingerprint density at radius 1 is 1.33 bits per heavy atom. The Balaban J connectivity index is 1.86. The molecule has 2 aliphatic heterocycles. The average Bonchev–Trinajstić information content (AvgIpc) is 2.87. The largest absolute Gasteiger partial charge is 0.374 e. The van der Waals surface area contributed by atoms with Crippen LogP contribution in [0.2, 0.25) is 0 Å². The highest BCUT2D eigenvalue weighted by Crippen LogP contribution is 2.40. The summed E-state index contributed by atoms with van der Waals surface area (Å²) in [4.78, 5) is 12.1. The van der Waals surface area contributed by atoms with Gasteiger partial charge in [0.05, 0.1) is 12.2 Å². The monoisotopic (exact) mass is 210 g/mol. The molecule has 2 bridgehead atoms. The minimum Gasteiger partial charge on any atom is -0.374 e. The molecule has 2 saturated heterocycles. The van der Waals surface area contributed by atoms with E-state index in [1.54, 1.807) is 0 Å². The summed E-state index contributed by atoms with van der Waals surface area (Å²) < 4.78 is 5.73. The molecule has 3 unspecified atom stereocenters. The van der Waals surface area contributed by atoms with E-state index in [9.17, 15) is 4.79 Å². The Morgan fingerprint density at radius 3 is 2.53 bits per heavy atom. The normalized spacial score (nSPS) is 33.9. The second kappa shape index (κ2) is 4.65. The SMILES string of the molecule is CCC(CC)CC(=O)C1CC2CCC1O2. The lowest BCUT2D eigenvalue weighted by Gasteiger charge is -2.19. The third-order valence-electron chi connectivity index (χ3n) is 4.16. The fourth-order valence-corrected chi connectivity index (χ4v) is 2.99. The second-order valence-corrected chi connectivity index (χ2v) is 5.07. The number of hydrogen-bond acceptors (Lipinski definition) is 2. The molecule has 15 heavy (non-hydrogen) atoms. The minimum absolute atomic E-state index is 0.240. The summed E-state index contributed by atoms with van der Waals surface area (Å²) in [7, 11) is 0. The van der Waals surface area contributed by atoms with Gasteiger partial charge in [-0.1, -0.05) is 26.7 Å². The van der Waals surface area contributed by atoms with Crippen LogP contribution in [0.3, 0.4) is 0 Å². The molecule has 0 amide bonds. The first-order valence-corrected chi connectivity index (χ1v) is 6.42. The van der Waals surface area contributed by atoms with Gasteiger partial charge in [0.25, 0.3) is 0 Å². The van der Waals surface area contributed by atoms with Crippen molar-refractivity contribution in [3.8, 4) is 0 Å². The molecule has 2 heterocycles. The molecule has 2 heteroatoms. The van der Waals surface area contributed by atoms with Crippen molar-refractivity contribution in [2.24, 2.45) is 11.8 Å². The third-order valence-corrected chi connectivity index (χ3v) is 4.16. The summed E-state index contributed by atoms with van der Waals surface area (Å²) in [6, 6.07) is 0. The fraction of sp³-hybridized carbons (Fsp3) is 0.923. The number of ether oxygens (including phenoxy) is 1. The summed E-state index contributed by atoms with van der Waals surface area (Å²) in [6.45, 7) is 4.36. The molecule has 0 spiro atoms.